The van der Waals surface area contributed by atoms with Crippen molar-refractivity contribution in [3.63, 3.8) is 0 Å². The van der Waals surface area contributed by atoms with E-state index in [0.29, 0.717) is 33.3 Å². The van der Waals surface area contributed by atoms with E-state index < -0.39 is 0 Å². The molecule has 162 valence electrons. The molecule has 0 bridgehead atoms. The van der Waals surface area contributed by atoms with Gasteiger partial charge in [0, 0.05) is 11.6 Å². The van der Waals surface area contributed by atoms with E-state index in [1.165, 1.54) is 11.8 Å². The second-order valence-corrected chi connectivity index (χ2v) is 8.55. The van der Waals surface area contributed by atoms with Gasteiger partial charge in [0.15, 0.2) is 11.0 Å². The number of benzene rings is 2. The predicted octanol–water partition coefficient (Wildman–Crippen LogP) is 5.70. The quantitative estimate of drug-likeness (QED) is 0.316. The molecule has 0 aliphatic heterocycles. The Balaban J connectivity index is 1.65. The lowest BCUT2D eigenvalue weighted by Gasteiger charge is -2.12. The van der Waals surface area contributed by atoms with Gasteiger partial charge in [-0.15, -0.1) is 16.8 Å². The van der Waals surface area contributed by atoms with Gasteiger partial charge in [0.1, 0.15) is 12.4 Å². The van der Waals surface area contributed by atoms with Gasteiger partial charge in [0.05, 0.1) is 16.5 Å². The maximum absolute atomic E-state index is 12.4. The third-order valence-electron chi connectivity index (χ3n) is 4.40. The fraction of sp³-hybridized carbons (Fsp3) is 0.227. The number of amides is 1. The first-order valence-electron chi connectivity index (χ1n) is 9.48. The Labute approximate surface area is 195 Å². The van der Waals surface area contributed by atoms with Crippen molar-refractivity contribution in [1.29, 1.82) is 0 Å². The summed E-state index contributed by atoms with van der Waals surface area (Å²) in [6, 6.07) is 10.9. The summed E-state index contributed by atoms with van der Waals surface area (Å²) in [4.78, 5) is 12.4. The van der Waals surface area contributed by atoms with E-state index >= 15 is 0 Å². The van der Waals surface area contributed by atoms with E-state index in [0.717, 1.165) is 16.9 Å². The molecule has 1 heterocycles. The highest BCUT2D eigenvalue weighted by Gasteiger charge is 2.15. The molecular weight excluding hydrogens is 455 g/mol. The second-order valence-electron chi connectivity index (χ2n) is 6.77. The van der Waals surface area contributed by atoms with Crippen molar-refractivity contribution in [1.82, 2.24) is 14.8 Å². The average Bonchev–Trinajstić information content (AvgIpc) is 3.10. The first-order chi connectivity index (χ1) is 14.9. The number of carbonyl (C=O) groups excluding carboxylic acids is 1. The van der Waals surface area contributed by atoms with E-state index in [9.17, 15) is 4.79 Å². The number of carbonyl (C=O) groups is 1. The van der Waals surface area contributed by atoms with Gasteiger partial charge in [-0.25, -0.2) is 0 Å². The molecule has 0 unspecified atom stereocenters. The number of nitrogens with zero attached hydrogens (tertiary/aromatic N) is 3. The zero-order valence-electron chi connectivity index (χ0n) is 17.2. The summed E-state index contributed by atoms with van der Waals surface area (Å²) < 4.78 is 7.89. The number of allylic oxidation sites excluding steroid dienone is 1. The summed E-state index contributed by atoms with van der Waals surface area (Å²) in [6.45, 7) is 8.58. The number of rotatable bonds is 9. The standard InChI is InChI=1S/C22H22Cl2N4O2S/c1-4-10-28-19(12-30-21-14(2)6-5-7-15(21)3)26-27-22(28)31-13-20(29)25-18-9-8-16(23)11-17(18)24/h4-9,11H,1,10,12-13H2,2-3H3,(H,25,29). The average molecular weight is 477 g/mol. The van der Waals surface area contributed by atoms with Gasteiger partial charge in [-0.2, -0.15) is 0 Å². The summed E-state index contributed by atoms with van der Waals surface area (Å²) in [6.07, 6.45) is 1.75. The van der Waals surface area contributed by atoms with Gasteiger partial charge in [-0.3, -0.25) is 9.36 Å². The summed E-state index contributed by atoms with van der Waals surface area (Å²) in [5.41, 5.74) is 2.62. The van der Waals surface area contributed by atoms with Crippen LogP contribution in [0, 0.1) is 13.8 Å². The predicted molar refractivity (Wildman–Crippen MR) is 126 cm³/mol. The molecule has 0 aliphatic carbocycles. The third-order valence-corrected chi connectivity index (χ3v) is 5.91. The zero-order valence-corrected chi connectivity index (χ0v) is 19.5. The van der Waals surface area contributed by atoms with Crippen LogP contribution in [0.4, 0.5) is 5.69 Å². The molecule has 1 aromatic heterocycles. The Hall–Kier alpha value is -2.48. The molecule has 1 N–H and O–H groups in total. The summed E-state index contributed by atoms with van der Waals surface area (Å²) in [5.74, 6) is 1.43. The highest BCUT2D eigenvalue weighted by molar-refractivity contribution is 7.99. The fourth-order valence-electron chi connectivity index (χ4n) is 2.92. The third kappa shape index (κ3) is 6.03. The van der Waals surface area contributed by atoms with Crippen LogP contribution >= 0.6 is 35.0 Å². The summed E-state index contributed by atoms with van der Waals surface area (Å²) in [7, 11) is 0. The molecule has 0 spiro atoms. The smallest absolute Gasteiger partial charge is 0.234 e. The molecule has 3 aromatic rings. The number of nitrogens with one attached hydrogen (secondary N) is 1. The first-order valence-corrected chi connectivity index (χ1v) is 11.2. The maximum atomic E-state index is 12.4. The number of ether oxygens (including phenoxy) is 1. The molecule has 0 saturated heterocycles. The van der Waals surface area contributed by atoms with Gasteiger partial charge in [-0.1, -0.05) is 59.2 Å². The molecule has 31 heavy (non-hydrogen) atoms. The normalized spacial score (nSPS) is 10.7. The molecule has 1 amide bonds. The van der Waals surface area contributed by atoms with Gasteiger partial charge >= 0.3 is 0 Å². The number of aromatic nitrogens is 3. The highest BCUT2D eigenvalue weighted by atomic mass is 35.5. The minimum absolute atomic E-state index is 0.145. The number of aryl methyl sites for hydroxylation is 2. The molecule has 0 aliphatic rings. The number of para-hydroxylation sites is 1. The lowest BCUT2D eigenvalue weighted by Crippen LogP contribution is -2.15. The molecule has 0 saturated carbocycles. The molecular formula is C22H22Cl2N4O2S. The molecule has 2 aromatic carbocycles. The first kappa shape index (κ1) is 23.2. The Morgan fingerprint density at radius 1 is 1.23 bits per heavy atom. The van der Waals surface area contributed by atoms with Gasteiger partial charge in [0.25, 0.3) is 0 Å². The lowest BCUT2D eigenvalue weighted by molar-refractivity contribution is -0.113. The maximum Gasteiger partial charge on any atom is 0.234 e. The van der Waals surface area contributed by atoms with E-state index in [-0.39, 0.29) is 18.3 Å². The van der Waals surface area contributed by atoms with E-state index in [1.807, 2.05) is 36.6 Å². The van der Waals surface area contributed by atoms with Gasteiger partial charge in [0.2, 0.25) is 5.91 Å². The Bertz CT molecular complexity index is 1080. The zero-order chi connectivity index (χ0) is 22.4. The summed E-state index contributed by atoms with van der Waals surface area (Å²) in [5, 5.41) is 12.7. The monoisotopic (exact) mass is 476 g/mol. The van der Waals surface area contributed by atoms with Gasteiger partial charge in [-0.05, 0) is 43.2 Å². The van der Waals surface area contributed by atoms with E-state index in [4.69, 9.17) is 27.9 Å². The van der Waals surface area contributed by atoms with E-state index in [1.54, 1.807) is 24.3 Å². The van der Waals surface area contributed by atoms with E-state index in [2.05, 4.69) is 22.1 Å². The van der Waals surface area contributed by atoms with Crippen LogP contribution in [0.15, 0.2) is 54.2 Å². The number of anilines is 1. The van der Waals surface area contributed by atoms with Crippen molar-refractivity contribution in [2.75, 3.05) is 11.1 Å². The largest absolute Gasteiger partial charge is 0.485 e. The van der Waals surface area contributed by atoms with Crippen molar-refractivity contribution in [2.45, 2.75) is 32.2 Å². The summed E-state index contributed by atoms with van der Waals surface area (Å²) >= 11 is 13.3. The van der Waals surface area contributed by atoms with Crippen molar-refractivity contribution in [2.24, 2.45) is 0 Å². The van der Waals surface area contributed by atoms with Crippen LogP contribution in [0.5, 0.6) is 5.75 Å². The number of hydrogen-bond donors (Lipinski definition) is 1. The Kier molecular flexibility index (Phi) is 8.01. The van der Waals surface area contributed by atoms with Crippen LogP contribution in [0.1, 0.15) is 17.0 Å². The molecule has 0 fully saturated rings. The van der Waals surface area contributed by atoms with Crippen molar-refractivity contribution < 1.29 is 9.53 Å². The molecule has 0 radical (unpaired) electrons. The molecule has 0 atom stereocenters. The second kappa shape index (κ2) is 10.7. The van der Waals surface area contributed by atoms with Gasteiger partial charge < -0.3 is 10.1 Å². The molecule has 9 heteroatoms. The minimum atomic E-state index is -0.212. The number of hydrogen-bond acceptors (Lipinski definition) is 5. The molecule has 3 rings (SSSR count). The number of halogens is 2. The Morgan fingerprint density at radius 2 is 1.97 bits per heavy atom. The highest BCUT2D eigenvalue weighted by Crippen LogP contribution is 2.27. The molecule has 6 nitrogen and oxygen atoms in total. The van der Waals surface area contributed by atoms with Crippen LogP contribution in [-0.2, 0) is 17.9 Å². The Morgan fingerprint density at radius 3 is 2.65 bits per heavy atom. The van der Waals surface area contributed by atoms with Crippen LogP contribution in [-0.4, -0.2) is 26.4 Å². The van der Waals surface area contributed by atoms with Crippen LogP contribution in [0.3, 0.4) is 0 Å². The SMILES string of the molecule is C=CCn1c(COc2c(C)cccc2C)nnc1SCC(=O)Nc1ccc(Cl)cc1Cl. The van der Waals surface area contributed by atoms with Crippen LogP contribution < -0.4 is 10.1 Å². The fourth-order valence-corrected chi connectivity index (χ4v) is 4.14. The number of thioether (sulfide) groups is 1. The van der Waals surface area contributed by atoms with Crippen molar-refractivity contribution in [3.8, 4) is 5.75 Å². The van der Waals surface area contributed by atoms with Crippen LogP contribution in [0.25, 0.3) is 0 Å². The minimum Gasteiger partial charge on any atom is -0.485 e. The van der Waals surface area contributed by atoms with Crippen molar-refractivity contribution >= 4 is 46.6 Å². The topological polar surface area (TPSA) is 69.0 Å². The van der Waals surface area contributed by atoms with Crippen molar-refractivity contribution in [3.05, 3.63) is 76.0 Å². The van der Waals surface area contributed by atoms with Crippen LogP contribution in [0.2, 0.25) is 10.0 Å². The lowest BCUT2D eigenvalue weighted by atomic mass is 10.1.